The van der Waals surface area contributed by atoms with Gasteiger partial charge in [0.25, 0.3) is 0 Å². The number of hydrogen-bond acceptors (Lipinski definition) is 2. The highest BCUT2D eigenvalue weighted by molar-refractivity contribution is 7.80. The van der Waals surface area contributed by atoms with E-state index in [0.717, 1.165) is 53.7 Å². The van der Waals surface area contributed by atoms with E-state index in [1.54, 1.807) is 0 Å². The number of aryl methyl sites for hydroxylation is 1. The van der Waals surface area contributed by atoms with Crippen molar-refractivity contribution in [3.63, 3.8) is 0 Å². The average molecular weight is 501 g/mol. The molecule has 1 aliphatic rings. The third kappa shape index (κ3) is 9.69. The minimum absolute atomic E-state index is 0.191. The van der Waals surface area contributed by atoms with Crippen molar-refractivity contribution in [1.82, 2.24) is 9.80 Å². The number of rotatable bonds is 5. The molecular weight excluding hydrogens is 463 g/mol. The Morgan fingerprint density at radius 2 is 1.85 bits per heavy atom. The predicted molar refractivity (Wildman–Crippen MR) is 150 cm³/mol. The van der Waals surface area contributed by atoms with E-state index in [1.807, 2.05) is 48.6 Å². The monoisotopic (exact) mass is 500 g/mol. The first-order chi connectivity index (χ1) is 16.0. The van der Waals surface area contributed by atoms with E-state index in [2.05, 4.69) is 51.0 Å². The van der Waals surface area contributed by atoms with Crippen molar-refractivity contribution in [2.45, 2.75) is 53.6 Å². The SMILES string of the molecule is C=CCC(C)(C)C.Cc1ccc(Cl)cc1/C=C/C(=S)N1CCN(Cc2ccc(F)cc2)CC1C. The van der Waals surface area contributed by atoms with Gasteiger partial charge >= 0.3 is 0 Å². The summed E-state index contributed by atoms with van der Waals surface area (Å²) in [5.74, 6) is -0.191. The lowest BCUT2D eigenvalue weighted by molar-refractivity contribution is 0.132. The summed E-state index contributed by atoms with van der Waals surface area (Å²) in [4.78, 5) is 5.51. The zero-order chi connectivity index (χ0) is 25.3. The minimum Gasteiger partial charge on any atom is -0.358 e. The van der Waals surface area contributed by atoms with E-state index < -0.39 is 0 Å². The number of thiocarbonyl (C=S) groups is 1. The summed E-state index contributed by atoms with van der Waals surface area (Å²) in [5.41, 5.74) is 3.83. The smallest absolute Gasteiger partial charge is 0.123 e. The van der Waals surface area contributed by atoms with Gasteiger partial charge in [-0.2, -0.15) is 0 Å². The Morgan fingerprint density at radius 1 is 1.18 bits per heavy atom. The third-order valence-electron chi connectivity index (χ3n) is 5.72. The molecule has 0 amide bonds. The Kier molecular flexibility index (Phi) is 10.9. The Morgan fingerprint density at radius 3 is 2.41 bits per heavy atom. The van der Waals surface area contributed by atoms with Crippen molar-refractivity contribution in [3.05, 3.63) is 88.7 Å². The fourth-order valence-electron chi connectivity index (χ4n) is 3.83. The van der Waals surface area contributed by atoms with E-state index in [4.69, 9.17) is 23.8 Å². The second-order valence-corrected chi connectivity index (χ2v) is 11.0. The molecule has 34 heavy (non-hydrogen) atoms. The standard InChI is InChI=1S/C22H24ClFN2S.C7H14/c1-16-3-7-20(23)13-19(16)6-10-22(27)26-12-11-25(14-17(26)2)15-18-4-8-21(24)9-5-18;1-5-6-7(2,3)4/h3-10,13,17H,11-12,14-15H2,1-2H3;5H,1,6H2,2-4H3/b10-6+;. The Labute approximate surface area is 216 Å². The molecule has 2 aromatic carbocycles. The Bertz CT molecular complexity index is 979. The van der Waals surface area contributed by atoms with Crippen molar-refractivity contribution in [3.8, 4) is 0 Å². The van der Waals surface area contributed by atoms with E-state index in [1.165, 1.54) is 17.7 Å². The van der Waals surface area contributed by atoms with Crippen molar-refractivity contribution in [2.75, 3.05) is 19.6 Å². The van der Waals surface area contributed by atoms with Crippen LogP contribution in [0.15, 0.2) is 61.2 Å². The summed E-state index contributed by atoms with van der Waals surface area (Å²) in [6, 6.07) is 13.0. The molecule has 1 fully saturated rings. The van der Waals surface area contributed by atoms with Gasteiger partial charge in [-0.1, -0.05) is 74.9 Å². The first-order valence-corrected chi connectivity index (χ1v) is 12.6. The molecule has 2 aromatic rings. The third-order valence-corrected chi connectivity index (χ3v) is 6.32. The van der Waals surface area contributed by atoms with E-state index in [9.17, 15) is 4.39 Å². The molecular formula is C29H38ClFN2S. The molecule has 5 heteroatoms. The molecule has 1 atom stereocenters. The van der Waals surface area contributed by atoms with Crippen LogP contribution in [0.2, 0.25) is 5.02 Å². The van der Waals surface area contributed by atoms with Crippen LogP contribution in [0.1, 0.15) is 50.8 Å². The Hall–Kier alpha value is -2.01. The van der Waals surface area contributed by atoms with Gasteiger partial charge < -0.3 is 4.90 Å². The van der Waals surface area contributed by atoms with Crippen LogP contribution in [0, 0.1) is 18.2 Å². The first-order valence-electron chi connectivity index (χ1n) is 11.8. The van der Waals surface area contributed by atoms with Crippen LogP contribution in [0.3, 0.4) is 0 Å². The molecule has 2 nitrogen and oxygen atoms in total. The molecule has 184 valence electrons. The largest absolute Gasteiger partial charge is 0.358 e. The summed E-state index contributed by atoms with van der Waals surface area (Å²) in [5, 5.41) is 0.731. The number of benzene rings is 2. The van der Waals surface area contributed by atoms with Crippen molar-refractivity contribution in [2.24, 2.45) is 5.41 Å². The van der Waals surface area contributed by atoms with Crippen molar-refractivity contribution in [1.29, 1.82) is 0 Å². The molecule has 0 aromatic heterocycles. The molecule has 0 spiro atoms. The maximum absolute atomic E-state index is 13.1. The summed E-state index contributed by atoms with van der Waals surface area (Å²) in [6.45, 7) is 18.1. The van der Waals surface area contributed by atoms with Gasteiger partial charge in [0.15, 0.2) is 0 Å². The maximum Gasteiger partial charge on any atom is 0.123 e. The second kappa shape index (κ2) is 13.2. The van der Waals surface area contributed by atoms with Crippen LogP contribution in [0.5, 0.6) is 0 Å². The van der Waals surface area contributed by atoms with Gasteiger partial charge in [-0.05, 0) is 72.7 Å². The van der Waals surface area contributed by atoms with E-state index in [0.29, 0.717) is 11.5 Å². The molecule has 1 heterocycles. The summed E-state index contributed by atoms with van der Waals surface area (Å²) in [7, 11) is 0. The first kappa shape index (κ1) is 28.2. The minimum atomic E-state index is -0.191. The van der Waals surface area contributed by atoms with Gasteiger partial charge in [-0.3, -0.25) is 4.90 Å². The lowest BCUT2D eigenvalue weighted by Gasteiger charge is -2.40. The zero-order valence-corrected chi connectivity index (χ0v) is 22.7. The van der Waals surface area contributed by atoms with Gasteiger partial charge in [0, 0.05) is 37.2 Å². The average Bonchev–Trinajstić information content (AvgIpc) is 2.75. The highest BCUT2D eigenvalue weighted by Gasteiger charge is 2.24. The molecule has 1 aliphatic heterocycles. The number of allylic oxidation sites excluding steroid dienone is 1. The zero-order valence-electron chi connectivity index (χ0n) is 21.2. The molecule has 3 rings (SSSR count). The number of hydrogen-bond donors (Lipinski definition) is 0. The fourth-order valence-corrected chi connectivity index (χ4v) is 4.35. The van der Waals surface area contributed by atoms with Crippen molar-refractivity contribution < 1.29 is 4.39 Å². The van der Waals surface area contributed by atoms with Gasteiger partial charge in [-0.15, -0.1) is 6.58 Å². The lowest BCUT2D eigenvalue weighted by atomic mass is 9.93. The van der Waals surface area contributed by atoms with Crippen LogP contribution < -0.4 is 0 Å². The van der Waals surface area contributed by atoms with Gasteiger partial charge in [-0.25, -0.2) is 4.39 Å². The van der Waals surface area contributed by atoms with Gasteiger partial charge in [0.1, 0.15) is 10.8 Å². The summed E-state index contributed by atoms with van der Waals surface area (Å²) in [6.07, 6.45) is 7.11. The van der Waals surface area contributed by atoms with Crippen LogP contribution in [-0.4, -0.2) is 40.5 Å². The fraction of sp³-hybridized carbons (Fsp3) is 0.414. The van der Waals surface area contributed by atoms with Gasteiger partial charge in [0.05, 0.1) is 0 Å². The second-order valence-electron chi connectivity index (χ2n) is 10.1. The van der Waals surface area contributed by atoms with Crippen LogP contribution in [0.25, 0.3) is 6.08 Å². The molecule has 0 bridgehead atoms. The molecule has 0 radical (unpaired) electrons. The van der Waals surface area contributed by atoms with E-state index in [-0.39, 0.29) is 5.82 Å². The topological polar surface area (TPSA) is 6.48 Å². The normalized spacial score (nSPS) is 16.8. The van der Waals surface area contributed by atoms with Gasteiger partial charge in [0.2, 0.25) is 0 Å². The highest BCUT2D eigenvalue weighted by atomic mass is 35.5. The number of nitrogens with zero attached hydrogens (tertiary/aromatic N) is 2. The predicted octanol–water partition coefficient (Wildman–Crippen LogP) is 7.94. The summed E-state index contributed by atoms with van der Waals surface area (Å²) >= 11 is 11.7. The van der Waals surface area contributed by atoms with Crippen LogP contribution >= 0.6 is 23.8 Å². The maximum atomic E-state index is 13.1. The highest BCUT2D eigenvalue weighted by Crippen LogP contribution is 2.19. The summed E-state index contributed by atoms with van der Waals surface area (Å²) < 4.78 is 13.1. The number of halogens is 2. The molecule has 0 N–H and O–H groups in total. The van der Waals surface area contributed by atoms with Crippen molar-refractivity contribution >= 4 is 34.9 Å². The molecule has 0 saturated carbocycles. The Balaban J connectivity index is 0.000000509. The molecule has 0 aliphatic carbocycles. The van der Waals surface area contributed by atoms with E-state index >= 15 is 0 Å². The van der Waals surface area contributed by atoms with Crippen LogP contribution in [-0.2, 0) is 6.54 Å². The molecule has 1 unspecified atom stereocenters. The lowest BCUT2D eigenvalue weighted by Crippen LogP contribution is -2.52. The number of piperazine rings is 1. The molecule has 1 saturated heterocycles. The quantitative estimate of drug-likeness (QED) is 0.233. The van der Waals surface area contributed by atoms with Crippen LogP contribution in [0.4, 0.5) is 4.39 Å².